The van der Waals surface area contributed by atoms with Gasteiger partial charge < -0.3 is 9.88 Å². The monoisotopic (exact) mass is 821 g/mol. The fourth-order valence-corrected chi connectivity index (χ4v) is 10.5. The SMILES string of the molecule is CC1(C)C2=CC(c3ccc(-c4cccc(-c5ccc6c(c5)c5ccccc5n6-c5cccc(C6=NC(c7ccccc7)=CC(c7ccccc7)N6)c5)c4)cc3)CC=C2c2ccccc21. The summed E-state index contributed by atoms with van der Waals surface area (Å²) in [7, 11) is 0. The van der Waals surface area contributed by atoms with Crippen molar-refractivity contribution in [3.05, 3.63) is 257 Å². The Morgan fingerprint density at radius 2 is 1.17 bits per heavy atom. The van der Waals surface area contributed by atoms with Crippen molar-refractivity contribution in [2.45, 2.75) is 37.6 Å². The third-order valence-electron chi connectivity index (χ3n) is 13.8. The van der Waals surface area contributed by atoms with Crippen molar-refractivity contribution < 1.29 is 0 Å². The summed E-state index contributed by atoms with van der Waals surface area (Å²) >= 11 is 0. The van der Waals surface area contributed by atoms with E-state index in [4.69, 9.17) is 4.99 Å². The quantitative estimate of drug-likeness (QED) is 0.170. The maximum Gasteiger partial charge on any atom is 0.134 e. The van der Waals surface area contributed by atoms with Gasteiger partial charge in [0.05, 0.1) is 22.8 Å². The smallest absolute Gasteiger partial charge is 0.134 e. The average Bonchev–Trinajstić information content (AvgIpc) is 3.82. The van der Waals surface area contributed by atoms with Crippen LogP contribution < -0.4 is 5.32 Å². The number of hydrogen-bond acceptors (Lipinski definition) is 2. The second-order valence-corrected chi connectivity index (χ2v) is 18.0. The lowest BCUT2D eigenvalue weighted by Crippen LogP contribution is -2.31. The van der Waals surface area contributed by atoms with Gasteiger partial charge in [-0.15, -0.1) is 0 Å². The molecule has 2 unspecified atom stereocenters. The Morgan fingerprint density at radius 3 is 2.02 bits per heavy atom. The van der Waals surface area contributed by atoms with E-state index in [0.717, 1.165) is 34.8 Å². The summed E-state index contributed by atoms with van der Waals surface area (Å²) in [4.78, 5) is 5.22. The summed E-state index contributed by atoms with van der Waals surface area (Å²) in [6.07, 6.45) is 8.27. The van der Waals surface area contributed by atoms with Crippen LogP contribution in [-0.2, 0) is 5.41 Å². The largest absolute Gasteiger partial charge is 0.359 e. The number of benzene rings is 8. The lowest BCUT2D eigenvalue weighted by atomic mass is 9.77. The first-order valence-corrected chi connectivity index (χ1v) is 22.5. The van der Waals surface area contributed by atoms with Crippen LogP contribution in [0.25, 0.3) is 61.0 Å². The van der Waals surface area contributed by atoms with E-state index in [2.05, 4.69) is 242 Å². The van der Waals surface area contributed by atoms with Crippen LogP contribution in [0.15, 0.2) is 229 Å². The number of hydrogen-bond donors (Lipinski definition) is 1. The number of aromatic nitrogens is 1. The van der Waals surface area contributed by atoms with Crippen LogP contribution >= 0.6 is 0 Å². The molecule has 0 amide bonds. The highest BCUT2D eigenvalue weighted by atomic mass is 15.1. The van der Waals surface area contributed by atoms with E-state index in [1.807, 2.05) is 0 Å². The Kier molecular flexibility index (Phi) is 9.05. The highest BCUT2D eigenvalue weighted by molar-refractivity contribution is 6.11. The molecule has 306 valence electrons. The molecule has 2 atom stereocenters. The molecule has 0 spiro atoms. The second-order valence-electron chi connectivity index (χ2n) is 18.0. The van der Waals surface area contributed by atoms with Crippen LogP contribution in [0.4, 0.5) is 0 Å². The van der Waals surface area contributed by atoms with E-state index >= 15 is 0 Å². The molecule has 2 heterocycles. The molecule has 2 aliphatic carbocycles. The van der Waals surface area contributed by atoms with Crippen molar-refractivity contribution >= 4 is 38.9 Å². The van der Waals surface area contributed by atoms with Crippen molar-refractivity contribution in [1.82, 2.24) is 9.88 Å². The second kappa shape index (κ2) is 15.3. The van der Waals surface area contributed by atoms with Gasteiger partial charge >= 0.3 is 0 Å². The maximum atomic E-state index is 5.22. The van der Waals surface area contributed by atoms with Crippen LogP contribution in [-0.4, -0.2) is 10.4 Å². The summed E-state index contributed by atoms with van der Waals surface area (Å²) in [5, 5.41) is 6.22. The Labute approximate surface area is 375 Å². The van der Waals surface area contributed by atoms with E-state index in [9.17, 15) is 0 Å². The molecule has 0 saturated heterocycles. The normalized spacial score (nSPS) is 17.5. The Morgan fingerprint density at radius 1 is 0.516 bits per heavy atom. The molecule has 12 rings (SSSR count). The molecule has 9 aromatic rings. The molecule has 3 heteroatoms. The number of fused-ring (bicyclic) bond motifs is 6. The first-order valence-electron chi connectivity index (χ1n) is 22.5. The van der Waals surface area contributed by atoms with Crippen molar-refractivity contribution in [2.24, 2.45) is 4.99 Å². The number of rotatable bonds is 7. The van der Waals surface area contributed by atoms with Gasteiger partial charge in [-0.2, -0.15) is 0 Å². The topological polar surface area (TPSA) is 29.3 Å². The summed E-state index contributed by atoms with van der Waals surface area (Å²) < 4.78 is 2.40. The van der Waals surface area contributed by atoms with Crippen LogP contribution in [0.2, 0.25) is 0 Å². The number of aliphatic imine (C=N–C) groups is 1. The first kappa shape index (κ1) is 38.0. The Bertz CT molecular complexity index is 3400. The molecule has 0 bridgehead atoms. The fraction of sp³-hybridized carbons (Fsp3) is 0.0984. The van der Waals surface area contributed by atoms with Crippen molar-refractivity contribution in [1.29, 1.82) is 0 Å². The summed E-state index contributed by atoms with van der Waals surface area (Å²) in [6.45, 7) is 4.75. The lowest BCUT2D eigenvalue weighted by molar-refractivity contribution is 0.648. The summed E-state index contributed by atoms with van der Waals surface area (Å²) in [5.74, 6) is 1.23. The average molecular weight is 822 g/mol. The number of para-hydroxylation sites is 1. The van der Waals surface area contributed by atoms with Gasteiger partial charge in [0, 0.05) is 33.4 Å². The van der Waals surface area contributed by atoms with E-state index in [1.165, 1.54) is 77.5 Å². The van der Waals surface area contributed by atoms with E-state index in [1.54, 1.807) is 0 Å². The van der Waals surface area contributed by atoms with Gasteiger partial charge in [0.25, 0.3) is 0 Å². The summed E-state index contributed by atoms with van der Waals surface area (Å²) in [6, 6.07) is 72.8. The zero-order valence-electron chi connectivity index (χ0n) is 36.0. The zero-order chi connectivity index (χ0) is 42.8. The van der Waals surface area contributed by atoms with Crippen LogP contribution in [0, 0.1) is 0 Å². The van der Waals surface area contributed by atoms with Gasteiger partial charge in [0.1, 0.15) is 5.84 Å². The Balaban J connectivity index is 0.857. The van der Waals surface area contributed by atoms with Crippen LogP contribution in [0.1, 0.15) is 65.6 Å². The van der Waals surface area contributed by atoms with Gasteiger partial charge in [-0.1, -0.05) is 190 Å². The minimum Gasteiger partial charge on any atom is -0.359 e. The van der Waals surface area contributed by atoms with E-state index < -0.39 is 0 Å². The molecule has 0 saturated carbocycles. The zero-order valence-corrected chi connectivity index (χ0v) is 36.0. The van der Waals surface area contributed by atoms with Crippen molar-refractivity contribution in [2.75, 3.05) is 0 Å². The molecule has 0 fully saturated rings. The standard InChI is InChI=1S/C61H47N3/c1-61(2)54-25-11-9-23-50(54)51-33-31-47(38-55(51)61)41-29-27-40(28-30-41)44-19-13-20-45(35-44)46-32-34-59-53(37-46)52-24-10-12-26-58(52)64(59)49-22-14-21-48(36-49)60-62-56(42-15-5-3-6-16-42)39-57(63-60)43-17-7-4-8-18-43/h3-30,32-39,47,56H,31H2,1-2H3,(H,62,63). The van der Waals surface area contributed by atoms with Crippen molar-refractivity contribution in [3.8, 4) is 27.9 Å². The van der Waals surface area contributed by atoms with Gasteiger partial charge in [0.2, 0.25) is 0 Å². The number of nitrogens with one attached hydrogen (secondary N) is 1. The molecule has 1 aliphatic heterocycles. The summed E-state index contributed by atoms with van der Waals surface area (Å²) in [5.41, 5.74) is 19.7. The third kappa shape index (κ3) is 6.47. The molecule has 0 radical (unpaired) electrons. The molecule has 3 nitrogen and oxygen atoms in total. The van der Waals surface area contributed by atoms with Crippen molar-refractivity contribution in [3.63, 3.8) is 0 Å². The first-order chi connectivity index (χ1) is 31.5. The predicted octanol–water partition coefficient (Wildman–Crippen LogP) is 15.0. The highest BCUT2D eigenvalue weighted by Gasteiger charge is 2.39. The van der Waals surface area contributed by atoms with E-state index in [0.29, 0.717) is 5.92 Å². The van der Waals surface area contributed by atoms with Gasteiger partial charge in [-0.25, -0.2) is 4.99 Å². The van der Waals surface area contributed by atoms with Crippen LogP contribution in [0.5, 0.6) is 0 Å². The fourth-order valence-electron chi connectivity index (χ4n) is 10.5. The van der Waals surface area contributed by atoms with Gasteiger partial charge in [-0.3, -0.25) is 0 Å². The van der Waals surface area contributed by atoms with Gasteiger partial charge in [-0.05, 0) is 110 Å². The number of nitrogens with zero attached hydrogens (tertiary/aromatic N) is 2. The molecule has 1 N–H and O–H groups in total. The maximum absolute atomic E-state index is 5.22. The minimum absolute atomic E-state index is 0.0124. The molecular formula is C61H47N3. The predicted molar refractivity (Wildman–Crippen MR) is 268 cm³/mol. The molecular weight excluding hydrogens is 775 g/mol. The number of amidine groups is 1. The number of allylic oxidation sites excluding steroid dienone is 4. The molecule has 64 heavy (non-hydrogen) atoms. The van der Waals surface area contributed by atoms with Gasteiger partial charge in [0.15, 0.2) is 0 Å². The molecule has 1 aromatic heterocycles. The Hall–Kier alpha value is -7.75. The molecule has 3 aliphatic rings. The minimum atomic E-state index is -0.0124. The highest BCUT2D eigenvalue weighted by Crippen LogP contribution is 2.53. The third-order valence-corrected chi connectivity index (χ3v) is 13.8. The van der Waals surface area contributed by atoms with Crippen LogP contribution in [0.3, 0.4) is 0 Å². The van der Waals surface area contributed by atoms with E-state index in [-0.39, 0.29) is 11.5 Å². The lowest BCUT2D eigenvalue weighted by Gasteiger charge is -2.27. The molecule has 8 aromatic carbocycles.